The van der Waals surface area contributed by atoms with Gasteiger partial charge < -0.3 is 5.73 Å². The fourth-order valence-electron chi connectivity index (χ4n) is 3.59. The van der Waals surface area contributed by atoms with Crippen molar-refractivity contribution in [3.8, 4) is 0 Å². The Morgan fingerprint density at radius 3 is 2.56 bits per heavy atom. The van der Waals surface area contributed by atoms with Crippen molar-refractivity contribution in [2.24, 2.45) is 5.73 Å². The lowest BCUT2D eigenvalue weighted by Gasteiger charge is -2.29. The van der Waals surface area contributed by atoms with Crippen molar-refractivity contribution in [3.63, 3.8) is 0 Å². The summed E-state index contributed by atoms with van der Waals surface area (Å²) in [5.74, 6) is 0.424. The number of nitrogens with zero attached hydrogens (tertiary/aromatic N) is 1. The molecular weight excluding hydrogens is 227 g/mol. The van der Waals surface area contributed by atoms with Crippen molar-refractivity contribution in [1.29, 1.82) is 0 Å². The molecular formula is C15H21FN2. The molecule has 2 N–H and O–H groups in total. The van der Waals surface area contributed by atoms with Crippen LogP contribution in [0.2, 0.25) is 0 Å². The van der Waals surface area contributed by atoms with E-state index in [2.05, 4.69) is 4.90 Å². The summed E-state index contributed by atoms with van der Waals surface area (Å²) in [6.45, 7) is 2.16. The summed E-state index contributed by atoms with van der Waals surface area (Å²) >= 11 is 0. The van der Waals surface area contributed by atoms with E-state index in [0.717, 1.165) is 19.5 Å². The van der Waals surface area contributed by atoms with Gasteiger partial charge >= 0.3 is 0 Å². The van der Waals surface area contributed by atoms with Gasteiger partial charge in [-0.05, 0) is 42.9 Å². The number of hydrogen-bond acceptors (Lipinski definition) is 2. The predicted molar refractivity (Wildman–Crippen MR) is 70.9 cm³/mol. The summed E-state index contributed by atoms with van der Waals surface area (Å²) in [5.41, 5.74) is 7.30. The minimum Gasteiger partial charge on any atom is -0.326 e. The zero-order chi connectivity index (χ0) is 12.5. The minimum absolute atomic E-state index is 0.142. The molecule has 2 fully saturated rings. The molecule has 0 spiro atoms. The van der Waals surface area contributed by atoms with Gasteiger partial charge in [0.2, 0.25) is 0 Å². The van der Waals surface area contributed by atoms with Gasteiger partial charge in [0.05, 0.1) is 0 Å². The van der Waals surface area contributed by atoms with Crippen LogP contribution in [0.4, 0.5) is 4.39 Å². The first-order valence-corrected chi connectivity index (χ1v) is 6.99. The Balaban J connectivity index is 1.76. The van der Waals surface area contributed by atoms with E-state index in [9.17, 15) is 4.39 Å². The predicted octanol–water partition coefficient (Wildman–Crippen LogP) is 2.49. The molecule has 1 aliphatic carbocycles. The average molecular weight is 248 g/mol. The van der Waals surface area contributed by atoms with Crippen LogP contribution in [0.1, 0.15) is 37.2 Å². The third-order valence-corrected chi connectivity index (χ3v) is 4.50. The third-order valence-electron chi connectivity index (χ3n) is 4.50. The highest BCUT2D eigenvalue weighted by Crippen LogP contribution is 2.38. The summed E-state index contributed by atoms with van der Waals surface area (Å²) in [7, 11) is 0. The summed E-state index contributed by atoms with van der Waals surface area (Å²) in [6.07, 6.45) is 4.88. The van der Waals surface area contributed by atoms with Crippen molar-refractivity contribution in [1.82, 2.24) is 4.90 Å². The Kier molecular flexibility index (Phi) is 3.35. The number of likely N-dealkylation sites (tertiary alicyclic amines) is 1. The van der Waals surface area contributed by atoms with Crippen LogP contribution in [-0.4, -0.2) is 30.1 Å². The lowest BCUT2D eigenvalue weighted by atomic mass is 9.93. The van der Waals surface area contributed by atoms with Crippen molar-refractivity contribution in [3.05, 3.63) is 35.6 Å². The second-order valence-corrected chi connectivity index (χ2v) is 5.70. The molecule has 0 amide bonds. The molecule has 2 aliphatic rings. The second-order valence-electron chi connectivity index (χ2n) is 5.70. The van der Waals surface area contributed by atoms with E-state index in [-0.39, 0.29) is 5.82 Å². The molecule has 1 heterocycles. The zero-order valence-corrected chi connectivity index (χ0v) is 10.7. The molecule has 1 aromatic carbocycles. The van der Waals surface area contributed by atoms with Crippen molar-refractivity contribution < 1.29 is 4.39 Å². The lowest BCUT2D eigenvalue weighted by molar-refractivity contribution is 0.225. The Bertz CT molecular complexity index is 403. The molecule has 3 atom stereocenters. The highest BCUT2D eigenvalue weighted by Gasteiger charge is 2.35. The average Bonchev–Trinajstić information content (AvgIpc) is 2.98. The van der Waals surface area contributed by atoms with Gasteiger partial charge in [-0.3, -0.25) is 4.90 Å². The fourth-order valence-corrected chi connectivity index (χ4v) is 3.59. The summed E-state index contributed by atoms with van der Waals surface area (Å²) in [6, 6.07) is 8.03. The first-order valence-electron chi connectivity index (χ1n) is 6.99. The van der Waals surface area contributed by atoms with Crippen molar-refractivity contribution in [2.75, 3.05) is 13.1 Å². The van der Waals surface area contributed by atoms with Crippen LogP contribution in [0.25, 0.3) is 0 Å². The molecule has 0 unspecified atom stereocenters. The van der Waals surface area contributed by atoms with Crippen LogP contribution in [0, 0.1) is 5.82 Å². The van der Waals surface area contributed by atoms with Gasteiger partial charge in [0.1, 0.15) is 5.82 Å². The largest absolute Gasteiger partial charge is 0.326 e. The maximum Gasteiger partial charge on any atom is 0.123 e. The quantitative estimate of drug-likeness (QED) is 0.871. The van der Waals surface area contributed by atoms with Gasteiger partial charge in [0.15, 0.2) is 0 Å². The molecule has 3 rings (SSSR count). The van der Waals surface area contributed by atoms with E-state index in [4.69, 9.17) is 5.73 Å². The third kappa shape index (κ3) is 2.29. The van der Waals surface area contributed by atoms with Crippen LogP contribution in [0.15, 0.2) is 24.3 Å². The Hall–Kier alpha value is -0.930. The van der Waals surface area contributed by atoms with Crippen LogP contribution in [0.5, 0.6) is 0 Å². The van der Waals surface area contributed by atoms with Crippen LogP contribution in [-0.2, 0) is 0 Å². The van der Waals surface area contributed by atoms with Gasteiger partial charge in [-0.15, -0.1) is 0 Å². The summed E-state index contributed by atoms with van der Waals surface area (Å²) in [4.78, 5) is 2.55. The molecule has 1 aliphatic heterocycles. The van der Waals surface area contributed by atoms with E-state index >= 15 is 0 Å². The molecule has 1 saturated heterocycles. The topological polar surface area (TPSA) is 29.3 Å². The number of hydrogen-bond donors (Lipinski definition) is 1. The van der Waals surface area contributed by atoms with Gasteiger partial charge in [-0.1, -0.05) is 18.6 Å². The molecule has 0 radical (unpaired) electrons. The van der Waals surface area contributed by atoms with E-state index in [0.29, 0.717) is 18.0 Å². The van der Waals surface area contributed by atoms with E-state index < -0.39 is 0 Å². The molecule has 3 heteroatoms. The number of halogens is 1. The van der Waals surface area contributed by atoms with Gasteiger partial charge in [-0.25, -0.2) is 4.39 Å². The number of nitrogens with two attached hydrogens (primary N) is 1. The minimum atomic E-state index is -0.142. The Morgan fingerprint density at radius 1 is 1.11 bits per heavy atom. The number of rotatable bonds is 2. The van der Waals surface area contributed by atoms with Gasteiger partial charge in [-0.2, -0.15) is 0 Å². The first kappa shape index (κ1) is 12.1. The van der Waals surface area contributed by atoms with Gasteiger partial charge in [0, 0.05) is 25.2 Å². The standard InChI is InChI=1S/C15H21FN2/c16-12-6-4-11(5-7-12)14-2-1-3-15(14)18-9-8-13(17)10-18/h4-7,13-15H,1-3,8-10,17H2/t13-,14+,15+/m1/s1. The Labute approximate surface area is 108 Å². The first-order chi connectivity index (χ1) is 8.74. The molecule has 1 saturated carbocycles. The van der Waals surface area contributed by atoms with Crippen molar-refractivity contribution in [2.45, 2.75) is 43.7 Å². The molecule has 98 valence electrons. The van der Waals surface area contributed by atoms with E-state index in [1.807, 2.05) is 12.1 Å². The van der Waals surface area contributed by atoms with Crippen LogP contribution in [0.3, 0.4) is 0 Å². The van der Waals surface area contributed by atoms with E-state index in [1.165, 1.54) is 24.8 Å². The van der Waals surface area contributed by atoms with Crippen LogP contribution < -0.4 is 5.73 Å². The molecule has 18 heavy (non-hydrogen) atoms. The smallest absolute Gasteiger partial charge is 0.123 e. The molecule has 0 aromatic heterocycles. The van der Waals surface area contributed by atoms with Gasteiger partial charge in [0.25, 0.3) is 0 Å². The SMILES string of the molecule is N[C@@H]1CCN([C@H]2CCC[C@H]2c2ccc(F)cc2)C1. The lowest BCUT2D eigenvalue weighted by Crippen LogP contribution is -2.37. The maximum atomic E-state index is 13.0. The Morgan fingerprint density at radius 2 is 1.89 bits per heavy atom. The van der Waals surface area contributed by atoms with Crippen molar-refractivity contribution >= 4 is 0 Å². The van der Waals surface area contributed by atoms with E-state index in [1.54, 1.807) is 12.1 Å². The maximum absolute atomic E-state index is 13.0. The summed E-state index contributed by atoms with van der Waals surface area (Å²) in [5, 5.41) is 0. The van der Waals surface area contributed by atoms with Crippen LogP contribution >= 0.6 is 0 Å². The molecule has 2 nitrogen and oxygen atoms in total. The fraction of sp³-hybridized carbons (Fsp3) is 0.600. The molecule has 1 aromatic rings. The highest BCUT2D eigenvalue weighted by atomic mass is 19.1. The highest BCUT2D eigenvalue weighted by molar-refractivity contribution is 5.23. The summed E-state index contributed by atoms with van der Waals surface area (Å²) < 4.78 is 13.0. The molecule has 0 bridgehead atoms. The zero-order valence-electron chi connectivity index (χ0n) is 10.7. The number of benzene rings is 1. The normalized spacial score (nSPS) is 33.1. The monoisotopic (exact) mass is 248 g/mol. The second kappa shape index (κ2) is 4.98.